The summed E-state index contributed by atoms with van der Waals surface area (Å²) in [5.41, 5.74) is -0.744. The molecule has 0 aliphatic heterocycles. The van der Waals surface area contributed by atoms with Crippen LogP contribution in [-0.4, -0.2) is 49.6 Å². The second-order valence-electron chi connectivity index (χ2n) is 7.07. The average molecular weight is 301 g/mol. The summed E-state index contributed by atoms with van der Waals surface area (Å²) in [6, 6.07) is 0.229. The Morgan fingerprint density at radius 1 is 1.33 bits per heavy atom. The molecular weight excluding hydrogens is 270 g/mol. The fourth-order valence-corrected chi connectivity index (χ4v) is 2.83. The number of esters is 1. The van der Waals surface area contributed by atoms with Crippen molar-refractivity contribution in [3.05, 3.63) is 0 Å². The first kappa shape index (κ1) is 18.4. The molecule has 0 spiro atoms. The lowest BCUT2D eigenvalue weighted by Crippen LogP contribution is -2.53. The molecule has 1 aliphatic rings. The van der Waals surface area contributed by atoms with Gasteiger partial charge in [-0.25, -0.2) is 0 Å². The molecular formula is C16H31NO4. The third-order valence-corrected chi connectivity index (χ3v) is 3.58. The van der Waals surface area contributed by atoms with Crippen LogP contribution in [0.2, 0.25) is 0 Å². The van der Waals surface area contributed by atoms with Crippen molar-refractivity contribution in [1.82, 2.24) is 5.32 Å². The first-order valence-electron chi connectivity index (χ1n) is 7.80. The molecule has 0 heterocycles. The van der Waals surface area contributed by atoms with E-state index in [1.165, 1.54) is 7.11 Å². The first-order chi connectivity index (χ1) is 9.68. The van der Waals surface area contributed by atoms with Crippen LogP contribution in [0.1, 0.15) is 53.9 Å². The van der Waals surface area contributed by atoms with Crippen LogP contribution in [0.5, 0.6) is 0 Å². The maximum Gasteiger partial charge on any atom is 0.326 e. The molecule has 0 bridgehead atoms. The highest BCUT2D eigenvalue weighted by atomic mass is 16.5. The fourth-order valence-electron chi connectivity index (χ4n) is 2.83. The van der Waals surface area contributed by atoms with Crippen molar-refractivity contribution in [2.75, 3.05) is 20.3 Å². The van der Waals surface area contributed by atoms with Gasteiger partial charge in [0.15, 0.2) is 0 Å². The zero-order valence-electron chi connectivity index (χ0n) is 14.3. The molecule has 5 heteroatoms. The van der Waals surface area contributed by atoms with E-state index in [1.807, 2.05) is 34.6 Å². The number of ether oxygens (including phenoxy) is 3. The van der Waals surface area contributed by atoms with Gasteiger partial charge in [0, 0.05) is 12.5 Å². The molecule has 2 atom stereocenters. The van der Waals surface area contributed by atoms with Crippen molar-refractivity contribution >= 4 is 5.97 Å². The van der Waals surface area contributed by atoms with Gasteiger partial charge in [0.25, 0.3) is 0 Å². The highest BCUT2D eigenvalue weighted by Crippen LogP contribution is 2.33. The Morgan fingerprint density at radius 2 is 2.00 bits per heavy atom. The molecule has 2 unspecified atom stereocenters. The summed E-state index contributed by atoms with van der Waals surface area (Å²) in [6.45, 7) is 11.3. The smallest absolute Gasteiger partial charge is 0.326 e. The van der Waals surface area contributed by atoms with Crippen molar-refractivity contribution in [3.63, 3.8) is 0 Å². The van der Waals surface area contributed by atoms with Gasteiger partial charge >= 0.3 is 5.97 Å². The summed E-state index contributed by atoms with van der Waals surface area (Å²) in [4.78, 5) is 12.1. The summed E-state index contributed by atoms with van der Waals surface area (Å²) in [6.07, 6.45) is 2.36. The van der Waals surface area contributed by atoms with Gasteiger partial charge in [0.05, 0.1) is 32.0 Å². The van der Waals surface area contributed by atoms with E-state index in [-0.39, 0.29) is 23.7 Å². The summed E-state index contributed by atoms with van der Waals surface area (Å²) < 4.78 is 16.5. The second kappa shape index (κ2) is 7.56. The quantitative estimate of drug-likeness (QED) is 0.577. The molecule has 1 aliphatic carbocycles. The monoisotopic (exact) mass is 301 g/mol. The molecule has 0 aromatic carbocycles. The van der Waals surface area contributed by atoms with Crippen LogP contribution >= 0.6 is 0 Å². The summed E-state index contributed by atoms with van der Waals surface area (Å²) >= 11 is 0. The molecule has 1 saturated carbocycles. The third kappa shape index (κ3) is 5.93. The Morgan fingerprint density at radius 3 is 2.52 bits per heavy atom. The molecule has 0 saturated heterocycles. The van der Waals surface area contributed by atoms with Gasteiger partial charge in [-0.05, 0) is 47.5 Å². The lowest BCUT2D eigenvalue weighted by molar-refractivity contribution is -0.149. The van der Waals surface area contributed by atoms with Crippen LogP contribution in [0.4, 0.5) is 0 Å². The third-order valence-electron chi connectivity index (χ3n) is 3.58. The molecule has 0 aromatic rings. The van der Waals surface area contributed by atoms with Crippen LogP contribution in [0.3, 0.4) is 0 Å². The number of carbonyl (C=O) groups is 1. The number of hydrogen-bond donors (Lipinski definition) is 1. The maximum absolute atomic E-state index is 12.1. The van der Waals surface area contributed by atoms with E-state index in [0.29, 0.717) is 19.6 Å². The molecule has 1 fully saturated rings. The summed E-state index contributed by atoms with van der Waals surface area (Å²) in [5.74, 6) is -0.187. The minimum atomic E-state index is -0.599. The topological polar surface area (TPSA) is 56.8 Å². The first-order valence-corrected chi connectivity index (χ1v) is 7.80. The van der Waals surface area contributed by atoms with Gasteiger partial charge in [-0.3, -0.25) is 10.1 Å². The van der Waals surface area contributed by atoms with Gasteiger partial charge in [0.1, 0.15) is 5.54 Å². The van der Waals surface area contributed by atoms with Crippen LogP contribution < -0.4 is 5.32 Å². The fraction of sp³-hybridized carbons (Fsp3) is 0.938. The Kier molecular flexibility index (Phi) is 6.63. The van der Waals surface area contributed by atoms with E-state index in [1.54, 1.807) is 0 Å². The number of hydrogen-bond acceptors (Lipinski definition) is 5. The Bertz CT molecular complexity index is 338. The highest BCUT2D eigenvalue weighted by molar-refractivity contribution is 5.81. The number of carbonyl (C=O) groups excluding carboxylic acids is 1. The van der Waals surface area contributed by atoms with Crippen molar-refractivity contribution in [1.29, 1.82) is 0 Å². The van der Waals surface area contributed by atoms with Gasteiger partial charge in [-0.2, -0.15) is 0 Å². The lowest BCUT2D eigenvalue weighted by atomic mass is 9.96. The molecule has 0 aromatic heterocycles. The predicted octanol–water partition coefficient (Wildman–Crippen LogP) is 2.28. The largest absolute Gasteiger partial charge is 0.468 e. The Balaban J connectivity index is 2.46. The molecule has 124 valence electrons. The minimum Gasteiger partial charge on any atom is -0.468 e. The van der Waals surface area contributed by atoms with Crippen molar-refractivity contribution in [3.8, 4) is 0 Å². The molecule has 0 amide bonds. The van der Waals surface area contributed by atoms with Crippen molar-refractivity contribution < 1.29 is 19.0 Å². The Hall–Kier alpha value is -0.650. The molecule has 1 N–H and O–H groups in total. The Labute approximate surface area is 128 Å². The van der Waals surface area contributed by atoms with E-state index in [2.05, 4.69) is 5.32 Å². The van der Waals surface area contributed by atoms with Crippen LogP contribution in [0.15, 0.2) is 0 Å². The molecule has 21 heavy (non-hydrogen) atoms. The predicted molar refractivity (Wildman–Crippen MR) is 82.3 cm³/mol. The van der Waals surface area contributed by atoms with Gasteiger partial charge in [0.2, 0.25) is 0 Å². The van der Waals surface area contributed by atoms with E-state index in [0.717, 1.165) is 12.8 Å². The highest BCUT2D eigenvalue weighted by Gasteiger charge is 2.46. The lowest BCUT2D eigenvalue weighted by Gasteiger charge is -2.30. The average Bonchev–Trinajstić information content (AvgIpc) is 2.76. The number of rotatable bonds is 7. The van der Waals surface area contributed by atoms with Gasteiger partial charge in [-0.1, -0.05) is 0 Å². The van der Waals surface area contributed by atoms with Crippen LogP contribution in [0.25, 0.3) is 0 Å². The molecule has 1 rings (SSSR count). The van der Waals surface area contributed by atoms with Gasteiger partial charge in [-0.15, -0.1) is 0 Å². The van der Waals surface area contributed by atoms with Crippen LogP contribution in [0, 0.1) is 0 Å². The summed E-state index contributed by atoms with van der Waals surface area (Å²) in [7, 11) is 1.44. The van der Waals surface area contributed by atoms with Gasteiger partial charge < -0.3 is 14.2 Å². The summed E-state index contributed by atoms with van der Waals surface area (Å²) in [5, 5.41) is 3.36. The standard InChI is InChI=1S/C16H31NO4/c1-12(2)17-16(14(18)19-6)8-7-13(11-16)20-9-10-21-15(3,4)5/h12-13,17H,7-11H2,1-6H3. The zero-order chi connectivity index (χ0) is 16.1. The molecule has 0 radical (unpaired) electrons. The molecule has 5 nitrogen and oxygen atoms in total. The van der Waals surface area contributed by atoms with E-state index in [4.69, 9.17) is 14.2 Å². The van der Waals surface area contributed by atoms with E-state index < -0.39 is 5.54 Å². The van der Waals surface area contributed by atoms with Crippen molar-refractivity contribution in [2.45, 2.75) is 77.2 Å². The SMILES string of the molecule is COC(=O)C1(NC(C)C)CCC(OCCOC(C)(C)C)C1. The second-order valence-corrected chi connectivity index (χ2v) is 7.07. The maximum atomic E-state index is 12.1. The van der Waals surface area contributed by atoms with Crippen LogP contribution in [-0.2, 0) is 19.0 Å². The number of nitrogens with one attached hydrogen (secondary N) is 1. The van der Waals surface area contributed by atoms with E-state index in [9.17, 15) is 4.79 Å². The van der Waals surface area contributed by atoms with E-state index >= 15 is 0 Å². The zero-order valence-corrected chi connectivity index (χ0v) is 14.3. The number of methoxy groups -OCH3 is 1. The minimum absolute atomic E-state index is 0.0823. The van der Waals surface area contributed by atoms with Crippen molar-refractivity contribution in [2.24, 2.45) is 0 Å². The normalized spacial score (nSPS) is 26.3.